The molecule has 5 nitrogen and oxygen atoms in total. The van der Waals surface area contributed by atoms with Crippen LogP contribution in [-0.4, -0.2) is 55.0 Å². The summed E-state index contributed by atoms with van der Waals surface area (Å²) in [6.45, 7) is 6.02. The first-order valence-corrected chi connectivity index (χ1v) is 8.33. The van der Waals surface area contributed by atoms with E-state index >= 15 is 0 Å². The summed E-state index contributed by atoms with van der Waals surface area (Å²) < 4.78 is 31.4. The molecule has 1 aliphatic carbocycles. The van der Waals surface area contributed by atoms with Gasteiger partial charge >= 0.3 is 0 Å². The Labute approximate surface area is 134 Å². The van der Waals surface area contributed by atoms with Crippen molar-refractivity contribution in [1.82, 2.24) is 10.2 Å². The van der Waals surface area contributed by atoms with Crippen LogP contribution < -0.4 is 5.32 Å². The highest BCUT2D eigenvalue weighted by molar-refractivity contribution is 5.80. The fourth-order valence-electron chi connectivity index (χ4n) is 3.78. The van der Waals surface area contributed by atoms with Crippen molar-refractivity contribution in [2.45, 2.75) is 38.7 Å². The first-order valence-electron chi connectivity index (χ1n) is 8.33. The zero-order chi connectivity index (χ0) is 16.8. The van der Waals surface area contributed by atoms with Gasteiger partial charge in [0.15, 0.2) is 0 Å². The summed E-state index contributed by atoms with van der Waals surface area (Å²) in [5.74, 6) is -3.06. The molecule has 0 radical (unpaired) electrons. The van der Waals surface area contributed by atoms with E-state index in [1.165, 1.54) is 0 Å². The molecule has 130 valence electrons. The van der Waals surface area contributed by atoms with Gasteiger partial charge in [-0.2, -0.15) is 0 Å². The molecule has 2 saturated heterocycles. The minimum atomic E-state index is -2.67. The lowest BCUT2D eigenvalue weighted by atomic mass is 9.80. The number of carbonyl (C=O) groups excluding carboxylic acids is 2. The van der Waals surface area contributed by atoms with E-state index in [1.54, 1.807) is 0 Å². The Morgan fingerprint density at radius 2 is 2.00 bits per heavy atom. The number of hydrogen-bond donors (Lipinski definition) is 1. The van der Waals surface area contributed by atoms with Crippen molar-refractivity contribution < 1.29 is 23.1 Å². The lowest BCUT2D eigenvalue weighted by molar-refractivity contribution is -0.150. The van der Waals surface area contributed by atoms with Crippen LogP contribution in [0, 0.1) is 23.7 Å². The molecule has 2 aliphatic heterocycles. The quantitative estimate of drug-likeness (QED) is 0.845. The molecule has 0 bridgehead atoms. The maximum atomic E-state index is 12.8. The second-order valence-electron chi connectivity index (χ2n) is 7.40. The van der Waals surface area contributed by atoms with Gasteiger partial charge in [0.2, 0.25) is 17.7 Å². The van der Waals surface area contributed by atoms with Crippen LogP contribution in [0.15, 0.2) is 0 Å². The van der Waals surface area contributed by atoms with Crippen LogP contribution in [0.3, 0.4) is 0 Å². The number of nitrogens with zero attached hydrogens (tertiary/aromatic N) is 1. The molecular formula is C16H24F2N2O3. The number of ether oxygens (including phenoxy) is 1. The highest BCUT2D eigenvalue weighted by atomic mass is 19.3. The second kappa shape index (κ2) is 6.00. The molecule has 3 fully saturated rings. The van der Waals surface area contributed by atoms with Gasteiger partial charge in [-0.05, 0) is 0 Å². The number of halogens is 2. The third-order valence-corrected chi connectivity index (χ3v) is 5.24. The molecule has 0 unspecified atom stereocenters. The maximum Gasteiger partial charge on any atom is 0.249 e. The van der Waals surface area contributed by atoms with Crippen molar-refractivity contribution in [2.75, 3.05) is 26.2 Å². The van der Waals surface area contributed by atoms with Gasteiger partial charge in [-0.3, -0.25) is 9.59 Å². The van der Waals surface area contributed by atoms with Gasteiger partial charge in [-0.15, -0.1) is 0 Å². The normalized spacial score (nSPS) is 32.7. The van der Waals surface area contributed by atoms with E-state index in [9.17, 15) is 18.4 Å². The standard InChI is InChI=1S/C16H24F2N2O3/c1-9(2)15(22)20-6-12-11(8-23-13(12)7-20)5-19-14(21)10-3-16(17,18)4-10/h9-13H,3-8H2,1-2H3,(H,19,21)/t11-,12+,13+/m0/s1. The van der Waals surface area contributed by atoms with E-state index < -0.39 is 11.8 Å². The van der Waals surface area contributed by atoms with Gasteiger partial charge in [-0.25, -0.2) is 8.78 Å². The van der Waals surface area contributed by atoms with Crippen LogP contribution >= 0.6 is 0 Å². The van der Waals surface area contributed by atoms with Gasteiger partial charge in [0, 0.05) is 56.1 Å². The molecule has 7 heteroatoms. The predicted molar refractivity (Wildman–Crippen MR) is 78.8 cm³/mol. The summed E-state index contributed by atoms with van der Waals surface area (Å²) in [7, 11) is 0. The number of hydrogen-bond acceptors (Lipinski definition) is 3. The molecule has 0 aromatic heterocycles. The summed E-state index contributed by atoms with van der Waals surface area (Å²) in [6.07, 6.45) is -0.654. The highest BCUT2D eigenvalue weighted by Gasteiger charge is 2.49. The molecule has 0 aromatic rings. The molecule has 1 saturated carbocycles. The maximum absolute atomic E-state index is 12.8. The van der Waals surface area contributed by atoms with Crippen LogP contribution in [0.25, 0.3) is 0 Å². The summed E-state index contributed by atoms with van der Waals surface area (Å²) in [5.41, 5.74) is 0. The van der Waals surface area contributed by atoms with E-state index in [0.717, 1.165) is 0 Å². The molecule has 1 N–H and O–H groups in total. The third-order valence-electron chi connectivity index (χ3n) is 5.24. The Morgan fingerprint density at radius 1 is 1.30 bits per heavy atom. The Balaban J connectivity index is 1.47. The van der Waals surface area contributed by atoms with Crippen molar-refractivity contribution in [3.8, 4) is 0 Å². The molecule has 0 aromatic carbocycles. The van der Waals surface area contributed by atoms with Crippen molar-refractivity contribution in [1.29, 1.82) is 0 Å². The zero-order valence-corrected chi connectivity index (χ0v) is 13.6. The van der Waals surface area contributed by atoms with Crippen LogP contribution in [-0.2, 0) is 14.3 Å². The average molecular weight is 330 g/mol. The topological polar surface area (TPSA) is 58.6 Å². The fraction of sp³-hybridized carbons (Fsp3) is 0.875. The Morgan fingerprint density at radius 3 is 2.61 bits per heavy atom. The van der Waals surface area contributed by atoms with Crippen LogP contribution in [0.1, 0.15) is 26.7 Å². The Bertz CT molecular complexity index is 490. The molecular weight excluding hydrogens is 306 g/mol. The van der Waals surface area contributed by atoms with Crippen LogP contribution in [0.5, 0.6) is 0 Å². The van der Waals surface area contributed by atoms with E-state index in [1.807, 2.05) is 18.7 Å². The third kappa shape index (κ3) is 3.34. The number of carbonyl (C=O) groups is 2. The average Bonchev–Trinajstić information content (AvgIpc) is 3.01. The SMILES string of the molecule is CC(C)C(=O)N1C[C@@H]2[C@@H](CNC(=O)C3CC(F)(F)C3)CO[C@@H]2C1. The van der Waals surface area contributed by atoms with Crippen molar-refractivity contribution in [3.63, 3.8) is 0 Å². The van der Waals surface area contributed by atoms with E-state index in [0.29, 0.717) is 26.2 Å². The van der Waals surface area contributed by atoms with Crippen LogP contribution in [0.2, 0.25) is 0 Å². The largest absolute Gasteiger partial charge is 0.376 e. The van der Waals surface area contributed by atoms with E-state index in [-0.39, 0.29) is 48.5 Å². The minimum absolute atomic E-state index is 0.0349. The number of nitrogens with one attached hydrogen (secondary N) is 1. The summed E-state index contributed by atoms with van der Waals surface area (Å²) in [5, 5.41) is 2.79. The van der Waals surface area contributed by atoms with Crippen molar-refractivity contribution in [3.05, 3.63) is 0 Å². The second-order valence-corrected chi connectivity index (χ2v) is 7.40. The lowest BCUT2D eigenvalue weighted by Gasteiger charge is -2.34. The summed E-state index contributed by atoms with van der Waals surface area (Å²) in [6, 6.07) is 0. The zero-order valence-electron chi connectivity index (χ0n) is 13.6. The molecule has 0 spiro atoms. The molecule has 3 aliphatic rings. The van der Waals surface area contributed by atoms with Crippen LogP contribution in [0.4, 0.5) is 8.78 Å². The van der Waals surface area contributed by atoms with Gasteiger partial charge in [0.05, 0.1) is 12.7 Å². The Hall–Kier alpha value is -1.24. The fourth-order valence-corrected chi connectivity index (χ4v) is 3.78. The number of amides is 2. The summed E-state index contributed by atoms with van der Waals surface area (Å²) in [4.78, 5) is 25.8. The van der Waals surface area contributed by atoms with Gasteiger partial charge in [-0.1, -0.05) is 13.8 Å². The van der Waals surface area contributed by atoms with E-state index in [4.69, 9.17) is 4.74 Å². The molecule has 3 atom stereocenters. The first kappa shape index (κ1) is 16.6. The van der Waals surface area contributed by atoms with Gasteiger partial charge < -0.3 is 15.0 Å². The van der Waals surface area contributed by atoms with Crippen molar-refractivity contribution >= 4 is 11.8 Å². The smallest absolute Gasteiger partial charge is 0.249 e. The van der Waals surface area contributed by atoms with Crippen molar-refractivity contribution in [2.24, 2.45) is 23.7 Å². The monoisotopic (exact) mass is 330 g/mol. The number of alkyl halides is 2. The predicted octanol–water partition coefficient (Wildman–Crippen LogP) is 1.28. The number of fused-ring (bicyclic) bond motifs is 1. The van der Waals surface area contributed by atoms with Gasteiger partial charge in [0.25, 0.3) is 0 Å². The molecule has 3 rings (SSSR count). The highest BCUT2D eigenvalue weighted by Crippen LogP contribution is 2.42. The molecule has 2 amide bonds. The molecule has 2 heterocycles. The number of likely N-dealkylation sites (tertiary alicyclic amines) is 1. The number of rotatable bonds is 4. The van der Waals surface area contributed by atoms with E-state index in [2.05, 4.69) is 5.32 Å². The first-order chi connectivity index (χ1) is 10.8. The Kier molecular flexibility index (Phi) is 4.33. The lowest BCUT2D eigenvalue weighted by Crippen LogP contribution is -2.46. The summed E-state index contributed by atoms with van der Waals surface area (Å²) >= 11 is 0. The molecule has 23 heavy (non-hydrogen) atoms. The van der Waals surface area contributed by atoms with Gasteiger partial charge in [0.1, 0.15) is 0 Å². The minimum Gasteiger partial charge on any atom is -0.376 e.